The monoisotopic (exact) mass is 341 g/mol. The number of nitrogens with zero attached hydrogens (tertiary/aromatic N) is 2. The smallest absolute Gasteiger partial charge is 0.271 e. The fourth-order valence-corrected chi connectivity index (χ4v) is 4.89. The van der Waals surface area contributed by atoms with E-state index in [1.807, 2.05) is 7.05 Å². The summed E-state index contributed by atoms with van der Waals surface area (Å²) >= 11 is 0. The number of piperidine rings is 1. The molecule has 1 saturated heterocycles. The minimum atomic E-state index is -3.72. The quantitative estimate of drug-likeness (QED) is 0.651. The Bertz CT molecular complexity index is 701. The van der Waals surface area contributed by atoms with Gasteiger partial charge in [-0.3, -0.25) is 10.1 Å². The summed E-state index contributed by atoms with van der Waals surface area (Å²) in [4.78, 5) is 10.5. The summed E-state index contributed by atoms with van der Waals surface area (Å²) in [5.74, 6) is 0.267. The van der Waals surface area contributed by atoms with Crippen LogP contribution in [0.1, 0.15) is 24.0 Å². The van der Waals surface area contributed by atoms with Crippen LogP contribution in [0.15, 0.2) is 17.0 Å². The topological polar surface area (TPSA) is 92.6 Å². The van der Waals surface area contributed by atoms with Crippen LogP contribution < -0.4 is 5.32 Å². The molecule has 1 aromatic carbocycles. The molecule has 8 heteroatoms. The van der Waals surface area contributed by atoms with Gasteiger partial charge in [-0.1, -0.05) is 0 Å². The molecule has 0 aromatic heterocycles. The summed E-state index contributed by atoms with van der Waals surface area (Å²) in [6.07, 6.45) is 1.79. The molecule has 1 fully saturated rings. The zero-order valence-corrected chi connectivity index (χ0v) is 14.5. The Morgan fingerprint density at radius 1 is 1.39 bits per heavy atom. The van der Waals surface area contributed by atoms with Gasteiger partial charge in [-0.15, -0.1) is 0 Å². The van der Waals surface area contributed by atoms with Crippen LogP contribution in [-0.2, 0) is 10.0 Å². The number of aryl methyl sites for hydroxylation is 1. The Hall–Kier alpha value is -1.51. The van der Waals surface area contributed by atoms with Crippen molar-refractivity contribution in [3.8, 4) is 0 Å². The van der Waals surface area contributed by atoms with E-state index in [9.17, 15) is 18.5 Å². The first kappa shape index (κ1) is 17.8. The second-order valence-corrected chi connectivity index (χ2v) is 7.98. The normalized spacial score (nSPS) is 19.7. The van der Waals surface area contributed by atoms with E-state index in [-0.39, 0.29) is 16.5 Å². The Labute approximate surface area is 136 Å². The predicted molar refractivity (Wildman–Crippen MR) is 88.0 cm³/mol. The molecule has 1 N–H and O–H groups in total. The molecule has 2 rings (SSSR count). The summed E-state index contributed by atoms with van der Waals surface area (Å²) in [7, 11) is -1.87. The molecule has 1 atom stereocenters. The lowest BCUT2D eigenvalue weighted by atomic mass is 10.00. The molecule has 0 bridgehead atoms. The molecular weight excluding hydrogens is 318 g/mol. The summed E-state index contributed by atoms with van der Waals surface area (Å²) in [6.45, 7) is 5.06. The summed E-state index contributed by atoms with van der Waals surface area (Å²) in [6, 6.07) is 2.59. The summed E-state index contributed by atoms with van der Waals surface area (Å²) in [5.41, 5.74) is 1.00. The van der Waals surface area contributed by atoms with Gasteiger partial charge in [0, 0.05) is 25.2 Å². The molecule has 0 spiro atoms. The molecule has 128 valence electrons. The van der Waals surface area contributed by atoms with Crippen LogP contribution in [0.5, 0.6) is 0 Å². The van der Waals surface area contributed by atoms with Gasteiger partial charge in [0.15, 0.2) is 0 Å². The Morgan fingerprint density at radius 3 is 2.70 bits per heavy atom. The van der Waals surface area contributed by atoms with Crippen molar-refractivity contribution in [3.05, 3.63) is 33.4 Å². The average Bonchev–Trinajstić information content (AvgIpc) is 2.50. The standard InChI is InChI=1S/C15H23N3O4S/c1-11-7-14(18(19)20)8-15(12(11)2)23(21,22)17-6-4-5-13(10-17)9-16-3/h7-8,13,16H,4-6,9-10H2,1-3H3. The van der Waals surface area contributed by atoms with Gasteiger partial charge >= 0.3 is 0 Å². The van der Waals surface area contributed by atoms with Crippen LogP contribution in [0.2, 0.25) is 0 Å². The third-order valence-electron chi connectivity index (χ3n) is 4.41. The maximum absolute atomic E-state index is 13.0. The van der Waals surface area contributed by atoms with Crippen LogP contribution in [0.3, 0.4) is 0 Å². The first-order chi connectivity index (χ1) is 10.8. The van der Waals surface area contributed by atoms with Crippen molar-refractivity contribution in [2.75, 3.05) is 26.7 Å². The van der Waals surface area contributed by atoms with Gasteiger partial charge < -0.3 is 5.32 Å². The van der Waals surface area contributed by atoms with Crippen LogP contribution >= 0.6 is 0 Å². The number of nitro groups is 1. The second kappa shape index (κ2) is 6.94. The summed E-state index contributed by atoms with van der Waals surface area (Å²) < 4.78 is 27.4. The molecule has 1 aliphatic heterocycles. The molecule has 0 aliphatic carbocycles. The van der Waals surface area contributed by atoms with Crippen molar-refractivity contribution in [2.24, 2.45) is 5.92 Å². The Kier molecular flexibility index (Phi) is 5.38. The zero-order valence-electron chi connectivity index (χ0n) is 13.7. The number of nitrogens with one attached hydrogen (secondary N) is 1. The third-order valence-corrected chi connectivity index (χ3v) is 6.40. The fraction of sp³-hybridized carbons (Fsp3) is 0.600. The highest BCUT2D eigenvalue weighted by atomic mass is 32.2. The highest BCUT2D eigenvalue weighted by Gasteiger charge is 2.32. The predicted octanol–water partition coefficient (Wildman–Crippen LogP) is 1.83. The van der Waals surface area contributed by atoms with Gasteiger partial charge in [-0.2, -0.15) is 4.31 Å². The van der Waals surface area contributed by atoms with Gasteiger partial charge in [0.05, 0.1) is 9.82 Å². The van der Waals surface area contributed by atoms with E-state index in [2.05, 4.69) is 5.32 Å². The molecule has 1 heterocycles. The van der Waals surface area contributed by atoms with Crippen LogP contribution in [0.4, 0.5) is 5.69 Å². The molecule has 0 radical (unpaired) electrons. The largest absolute Gasteiger partial charge is 0.319 e. The van der Waals surface area contributed by atoms with E-state index in [4.69, 9.17) is 0 Å². The van der Waals surface area contributed by atoms with E-state index >= 15 is 0 Å². The fourth-order valence-electron chi connectivity index (χ4n) is 3.02. The van der Waals surface area contributed by atoms with Gasteiger partial charge in [-0.05, 0) is 57.3 Å². The van der Waals surface area contributed by atoms with Crippen LogP contribution in [0, 0.1) is 29.9 Å². The van der Waals surface area contributed by atoms with E-state index in [0.717, 1.165) is 19.4 Å². The van der Waals surface area contributed by atoms with Gasteiger partial charge in [0.1, 0.15) is 0 Å². The second-order valence-electron chi connectivity index (χ2n) is 6.07. The first-order valence-corrected chi connectivity index (χ1v) is 9.11. The van der Waals surface area contributed by atoms with E-state index < -0.39 is 14.9 Å². The minimum absolute atomic E-state index is 0.0503. The molecule has 0 amide bonds. The van der Waals surface area contributed by atoms with E-state index in [0.29, 0.717) is 24.2 Å². The number of hydrogen-bond acceptors (Lipinski definition) is 5. The van der Waals surface area contributed by atoms with Crippen molar-refractivity contribution in [2.45, 2.75) is 31.6 Å². The highest BCUT2D eigenvalue weighted by molar-refractivity contribution is 7.89. The van der Waals surface area contributed by atoms with Crippen molar-refractivity contribution in [1.82, 2.24) is 9.62 Å². The number of rotatable bonds is 5. The molecule has 7 nitrogen and oxygen atoms in total. The Balaban J connectivity index is 2.41. The van der Waals surface area contributed by atoms with Crippen LogP contribution in [-0.4, -0.2) is 44.3 Å². The van der Waals surface area contributed by atoms with Gasteiger partial charge in [0.2, 0.25) is 10.0 Å². The molecular formula is C15H23N3O4S. The van der Waals surface area contributed by atoms with Gasteiger partial charge in [0.25, 0.3) is 5.69 Å². The number of hydrogen-bond donors (Lipinski definition) is 1. The van der Waals surface area contributed by atoms with E-state index in [1.54, 1.807) is 13.8 Å². The van der Waals surface area contributed by atoms with Crippen LogP contribution in [0.25, 0.3) is 0 Å². The van der Waals surface area contributed by atoms with Crippen molar-refractivity contribution < 1.29 is 13.3 Å². The molecule has 0 saturated carbocycles. The number of benzene rings is 1. The lowest BCUT2D eigenvalue weighted by Crippen LogP contribution is -2.42. The summed E-state index contributed by atoms with van der Waals surface area (Å²) in [5, 5.41) is 14.1. The molecule has 1 unspecified atom stereocenters. The third kappa shape index (κ3) is 3.70. The SMILES string of the molecule is CNCC1CCCN(S(=O)(=O)c2cc([N+](=O)[O-])cc(C)c2C)C1. The minimum Gasteiger partial charge on any atom is -0.319 e. The van der Waals surface area contributed by atoms with Gasteiger partial charge in [-0.25, -0.2) is 8.42 Å². The zero-order chi connectivity index (χ0) is 17.2. The van der Waals surface area contributed by atoms with E-state index in [1.165, 1.54) is 16.4 Å². The molecule has 23 heavy (non-hydrogen) atoms. The lowest BCUT2D eigenvalue weighted by Gasteiger charge is -2.32. The average molecular weight is 341 g/mol. The number of sulfonamides is 1. The maximum atomic E-state index is 13.0. The Morgan fingerprint density at radius 2 is 2.09 bits per heavy atom. The highest BCUT2D eigenvalue weighted by Crippen LogP contribution is 2.30. The van der Waals surface area contributed by atoms with Crippen molar-refractivity contribution >= 4 is 15.7 Å². The van der Waals surface area contributed by atoms with Crippen molar-refractivity contribution in [3.63, 3.8) is 0 Å². The lowest BCUT2D eigenvalue weighted by molar-refractivity contribution is -0.385. The van der Waals surface area contributed by atoms with Crippen molar-refractivity contribution in [1.29, 1.82) is 0 Å². The number of non-ortho nitro benzene ring substituents is 1. The molecule has 1 aliphatic rings. The molecule has 1 aromatic rings. The maximum Gasteiger partial charge on any atom is 0.271 e. The first-order valence-electron chi connectivity index (χ1n) is 7.67. The number of nitro benzene ring substituents is 1.